The Labute approximate surface area is 75.6 Å². The second-order valence-corrected chi connectivity index (χ2v) is 2.74. The van der Waals surface area contributed by atoms with E-state index in [-0.39, 0.29) is 0 Å². The van der Waals surface area contributed by atoms with Gasteiger partial charge in [0.05, 0.1) is 6.54 Å². The first-order valence-corrected chi connectivity index (χ1v) is 3.90. The molecule has 0 spiro atoms. The number of carbonyl (C=O) groups is 1. The van der Waals surface area contributed by atoms with Crippen molar-refractivity contribution in [1.29, 1.82) is 0 Å². The molecule has 0 bridgehead atoms. The highest BCUT2D eigenvalue weighted by atomic mass is 16.4. The highest BCUT2D eigenvalue weighted by Crippen LogP contribution is 1.91. The molecule has 1 heterocycles. The van der Waals surface area contributed by atoms with E-state index >= 15 is 0 Å². The van der Waals surface area contributed by atoms with Gasteiger partial charge in [-0.15, -0.1) is 0 Å². The molecule has 13 heavy (non-hydrogen) atoms. The third-order valence-electron chi connectivity index (χ3n) is 1.74. The molecule has 1 atom stereocenters. The zero-order chi connectivity index (χ0) is 9.84. The first-order valence-electron chi connectivity index (χ1n) is 3.90. The van der Waals surface area contributed by atoms with E-state index in [0.29, 0.717) is 12.4 Å². The summed E-state index contributed by atoms with van der Waals surface area (Å²) in [5.74, 6) is -0.157. The summed E-state index contributed by atoms with van der Waals surface area (Å²) in [4.78, 5) is 14.4. The highest BCUT2D eigenvalue weighted by Gasteiger charge is 2.10. The van der Waals surface area contributed by atoms with Gasteiger partial charge in [-0.25, -0.2) is 4.98 Å². The lowest BCUT2D eigenvalue weighted by Crippen LogP contribution is -2.33. The second-order valence-electron chi connectivity index (χ2n) is 2.74. The number of nitrogens with one attached hydrogen (secondary N) is 1. The topological polar surface area (TPSA) is 80.0 Å². The van der Waals surface area contributed by atoms with Gasteiger partial charge in [0.15, 0.2) is 0 Å². The van der Waals surface area contributed by atoms with Crippen LogP contribution in [0.2, 0.25) is 0 Å². The Morgan fingerprint density at radius 3 is 3.00 bits per heavy atom. The van der Waals surface area contributed by atoms with Crippen molar-refractivity contribution in [1.82, 2.24) is 20.1 Å². The predicted molar refractivity (Wildman–Crippen MR) is 44.9 cm³/mol. The Kier molecular flexibility index (Phi) is 2.97. The zero-order valence-electron chi connectivity index (χ0n) is 7.56. The average Bonchev–Trinajstić information content (AvgIpc) is 2.47. The SMILES string of the molecule is C[C@@H](NCc1ncnn1C)C(=O)O. The van der Waals surface area contributed by atoms with Gasteiger partial charge in [0.25, 0.3) is 0 Å². The number of carboxylic acid groups (broad SMARTS) is 1. The Balaban J connectivity index is 2.44. The fraction of sp³-hybridized carbons (Fsp3) is 0.571. The highest BCUT2D eigenvalue weighted by molar-refractivity contribution is 5.72. The van der Waals surface area contributed by atoms with Crippen molar-refractivity contribution in [3.8, 4) is 0 Å². The standard InChI is InChI=1S/C7H12N4O2/c1-5(7(12)13)8-3-6-9-4-10-11(6)2/h4-5,8H,3H2,1-2H3,(H,12,13)/t5-/m1/s1. The lowest BCUT2D eigenvalue weighted by atomic mass is 10.3. The second kappa shape index (κ2) is 3.99. The smallest absolute Gasteiger partial charge is 0.320 e. The number of aliphatic carboxylic acids is 1. The Hall–Kier alpha value is -1.43. The Bertz CT molecular complexity index is 296. The maximum absolute atomic E-state index is 10.4. The largest absolute Gasteiger partial charge is 0.480 e. The van der Waals surface area contributed by atoms with Crippen LogP contribution in [0.5, 0.6) is 0 Å². The molecule has 6 heteroatoms. The first kappa shape index (κ1) is 9.66. The molecule has 0 fully saturated rings. The van der Waals surface area contributed by atoms with Gasteiger partial charge in [0, 0.05) is 7.05 Å². The van der Waals surface area contributed by atoms with E-state index < -0.39 is 12.0 Å². The van der Waals surface area contributed by atoms with E-state index in [1.165, 1.54) is 6.33 Å². The number of aryl methyl sites for hydroxylation is 1. The molecule has 0 amide bonds. The molecule has 0 aliphatic heterocycles. The molecule has 0 saturated heterocycles. The molecule has 6 nitrogen and oxygen atoms in total. The molecule has 2 N–H and O–H groups in total. The van der Waals surface area contributed by atoms with Crippen molar-refractivity contribution in [2.24, 2.45) is 7.05 Å². The molecule has 0 radical (unpaired) electrons. The van der Waals surface area contributed by atoms with Gasteiger partial charge in [0.2, 0.25) is 0 Å². The summed E-state index contributed by atoms with van der Waals surface area (Å²) in [5.41, 5.74) is 0. The fourth-order valence-corrected chi connectivity index (χ4v) is 0.812. The first-order chi connectivity index (χ1) is 6.11. The summed E-state index contributed by atoms with van der Waals surface area (Å²) in [6.07, 6.45) is 1.43. The fourth-order valence-electron chi connectivity index (χ4n) is 0.812. The van der Waals surface area contributed by atoms with E-state index in [0.717, 1.165) is 0 Å². The molecule has 0 unspecified atom stereocenters. The molecule has 0 saturated carbocycles. The van der Waals surface area contributed by atoms with Crippen molar-refractivity contribution in [2.75, 3.05) is 0 Å². The van der Waals surface area contributed by atoms with E-state index in [1.54, 1.807) is 18.7 Å². The molecular weight excluding hydrogens is 172 g/mol. The molecule has 0 aromatic carbocycles. The molecule has 1 aromatic rings. The third-order valence-corrected chi connectivity index (χ3v) is 1.74. The van der Waals surface area contributed by atoms with E-state index in [9.17, 15) is 4.79 Å². The van der Waals surface area contributed by atoms with Gasteiger partial charge in [-0.2, -0.15) is 5.10 Å². The summed E-state index contributed by atoms with van der Waals surface area (Å²) in [5, 5.41) is 15.2. The van der Waals surface area contributed by atoms with Crippen LogP contribution in [0.25, 0.3) is 0 Å². The van der Waals surface area contributed by atoms with Gasteiger partial charge in [-0.3, -0.25) is 14.8 Å². The minimum atomic E-state index is -0.873. The lowest BCUT2D eigenvalue weighted by Gasteiger charge is -2.07. The van der Waals surface area contributed by atoms with Crippen molar-refractivity contribution in [3.05, 3.63) is 12.2 Å². The molecule has 72 valence electrons. The number of hydrogen-bond acceptors (Lipinski definition) is 4. The van der Waals surface area contributed by atoms with Crippen LogP contribution in [-0.2, 0) is 18.4 Å². The maximum Gasteiger partial charge on any atom is 0.320 e. The number of nitrogens with zero attached hydrogens (tertiary/aromatic N) is 3. The van der Waals surface area contributed by atoms with Crippen LogP contribution >= 0.6 is 0 Å². The number of rotatable bonds is 4. The number of carboxylic acids is 1. The van der Waals surface area contributed by atoms with Gasteiger partial charge in [-0.05, 0) is 6.92 Å². The third kappa shape index (κ3) is 2.51. The van der Waals surface area contributed by atoms with Gasteiger partial charge < -0.3 is 5.11 Å². The lowest BCUT2D eigenvalue weighted by molar-refractivity contribution is -0.139. The van der Waals surface area contributed by atoms with Gasteiger partial charge >= 0.3 is 5.97 Å². The van der Waals surface area contributed by atoms with Crippen LogP contribution < -0.4 is 5.32 Å². The van der Waals surface area contributed by atoms with Gasteiger partial charge in [0.1, 0.15) is 18.2 Å². The van der Waals surface area contributed by atoms with E-state index in [2.05, 4.69) is 15.4 Å². The quantitative estimate of drug-likeness (QED) is 0.651. The summed E-state index contributed by atoms with van der Waals surface area (Å²) < 4.78 is 1.60. The number of hydrogen-bond donors (Lipinski definition) is 2. The minimum Gasteiger partial charge on any atom is -0.480 e. The molecule has 0 aliphatic carbocycles. The predicted octanol–water partition coefficient (Wildman–Crippen LogP) is -0.622. The van der Waals surface area contributed by atoms with E-state index in [4.69, 9.17) is 5.11 Å². The zero-order valence-corrected chi connectivity index (χ0v) is 7.56. The van der Waals surface area contributed by atoms with Crippen LogP contribution in [0.4, 0.5) is 0 Å². The normalized spacial score (nSPS) is 12.8. The summed E-state index contributed by atoms with van der Waals surface area (Å²) in [7, 11) is 1.76. The molecular formula is C7H12N4O2. The molecule has 0 aliphatic rings. The van der Waals surface area contributed by atoms with Crippen LogP contribution in [0, 0.1) is 0 Å². The minimum absolute atomic E-state index is 0.407. The maximum atomic E-state index is 10.4. The Morgan fingerprint density at radius 1 is 1.85 bits per heavy atom. The van der Waals surface area contributed by atoms with Crippen molar-refractivity contribution >= 4 is 5.97 Å². The molecule has 1 rings (SSSR count). The summed E-state index contributed by atoms with van der Waals surface area (Å²) in [6, 6.07) is -0.572. The van der Waals surface area contributed by atoms with Crippen LogP contribution in [0.15, 0.2) is 6.33 Å². The molecule has 1 aromatic heterocycles. The van der Waals surface area contributed by atoms with Crippen molar-refractivity contribution in [3.63, 3.8) is 0 Å². The monoisotopic (exact) mass is 184 g/mol. The van der Waals surface area contributed by atoms with Crippen LogP contribution in [-0.4, -0.2) is 31.9 Å². The summed E-state index contributed by atoms with van der Waals surface area (Å²) >= 11 is 0. The van der Waals surface area contributed by atoms with Gasteiger partial charge in [-0.1, -0.05) is 0 Å². The average molecular weight is 184 g/mol. The van der Waals surface area contributed by atoms with Crippen molar-refractivity contribution in [2.45, 2.75) is 19.5 Å². The van der Waals surface area contributed by atoms with Crippen LogP contribution in [0.1, 0.15) is 12.7 Å². The summed E-state index contributed by atoms with van der Waals surface area (Å²) in [6.45, 7) is 1.99. The van der Waals surface area contributed by atoms with Crippen LogP contribution in [0.3, 0.4) is 0 Å². The van der Waals surface area contributed by atoms with Crippen molar-refractivity contribution < 1.29 is 9.90 Å². The Morgan fingerprint density at radius 2 is 2.54 bits per heavy atom. The van der Waals surface area contributed by atoms with E-state index in [1.807, 2.05) is 0 Å². The number of aromatic nitrogens is 3.